The Bertz CT molecular complexity index is 682. The Hall–Kier alpha value is -2.04. The maximum absolute atomic E-state index is 5.87. The van der Waals surface area contributed by atoms with Gasteiger partial charge in [-0.3, -0.25) is 0 Å². The van der Waals surface area contributed by atoms with Crippen LogP contribution in [0, 0.1) is 5.41 Å². The third kappa shape index (κ3) is 5.21. The first kappa shape index (κ1) is 17.8. The second-order valence-electron chi connectivity index (χ2n) is 7.06. The van der Waals surface area contributed by atoms with Gasteiger partial charge in [0, 0.05) is 17.7 Å². The van der Waals surface area contributed by atoms with E-state index in [0.717, 1.165) is 61.8 Å². The molecule has 4 nitrogen and oxygen atoms in total. The monoisotopic (exact) mass is 341 g/mol. The largest absolute Gasteiger partial charge is 0.494 e. The number of ether oxygens (including phenoxy) is 3. The molecule has 3 rings (SSSR count). The van der Waals surface area contributed by atoms with E-state index in [1.165, 1.54) is 0 Å². The summed E-state index contributed by atoms with van der Waals surface area (Å²) < 4.78 is 16.8. The highest BCUT2D eigenvalue weighted by Gasteiger charge is 2.33. The van der Waals surface area contributed by atoms with E-state index < -0.39 is 0 Å². The third-order valence-electron chi connectivity index (χ3n) is 4.36. The molecule has 0 aromatic heterocycles. The van der Waals surface area contributed by atoms with Gasteiger partial charge in [0.15, 0.2) is 0 Å². The van der Waals surface area contributed by atoms with Crippen molar-refractivity contribution in [3.63, 3.8) is 0 Å². The second-order valence-corrected chi connectivity index (χ2v) is 7.06. The zero-order valence-corrected chi connectivity index (χ0v) is 14.9. The molecule has 0 bridgehead atoms. The molecule has 25 heavy (non-hydrogen) atoms. The molecule has 2 N–H and O–H groups in total. The lowest BCUT2D eigenvalue weighted by molar-refractivity contribution is -0.138. The van der Waals surface area contributed by atoms with Crippen molar-refractivity contribution in [3.05, 3.63) is 48.5 Å². The van der Waals surface area contributed by atoms with E-state index in [-0.39, 0.29) is 5.41 Å². The normalized spacial score (nSPS) is 15.6. The SMILES string of the molecule is CC1(COCCCCOc2cccc(-c3cccc(N)c3)c2)COC1. The molecule has 4 heteroatoms. The molecule has 1 saturated heterocycles. The van der Waals surface area contributed by atoms with Crippen LogP contribution in [-0.2, 0) is 9.47 Å². The summed E-state index contributed by atoms with van der Waals surface area (Å²) in [5.74, 6) is 0.889. The van der Waals surface area contributed by atoms with Crippen molar-refractivity contribution >= 4 is 5.69 Å². The van der Waals surface area contributed by atoms with Crippen LogP contribution >= 0.6 is 0 Å². The van der Waals surface area contributed by atoms with E-state index in [4.69, 9.17) is 19.9 Å². The minimum Gasteiger partial charge on any atom is -0.494 e. The average Bonchev–Trinajstić information content (AvgIpc) is 2.59. The first-order valence-corrected chi connectivity index (χ1v) is 8.89. The van der Waals surface area contributed by atoms with Crippen LogP contribution in [0.15, 0.2) is 48.5 Å². The van der Waals surface area contributed by atoms with Crippen molar-refractivity contribution < 1.29 is 14.2 Å². The maximum Gasteiger partial charge on any atom is 0.119 e. The fourth-order valence-electron chi connectivity index (χ4n) is 2.83. The first-order valence-electron chi connectivity index (χ1n) is 8.89. The smallest absolute Gasteiger partial charge is 0.119 e. The standard InChI is InChI=1S/C21H27NO3/c1-21(15-24-16-21)14-23-10-2-3-11-25-20-9-5-7-18(13-20)17-6-4-8-19(22)12-17/h4-9,12-13H,2-3,10-11,14-16,22H2,1H3. The fraction of sp³-hybridized carbons (Fsp3) is 0.429. The Balaban J connectivity index is 1.38. The molecule has 0 aliphatic carbocycles. The van der Waals surface area contributed by atoms with Crippen LogP contribution in [0.5, 0.6) is 5.75 Å². The molecule has 0 radical (unpaired) electrons. The Morgan fingerprint density at radius 3 is 2.44 bits per heavy atom. The number of nitrogens with two attached hydrogens (primary N) is 1. The number of nitrogen functional groups attached to an aromatic ring is 1. The summed E-state index contributed by atoms with van der Waals surface area (Å²) in [7, 11) is 0. The molecule has 0 unspecified atom stereocenters. The lowest BCUT2D eigenvalue weighted by Crippen LogP contribution is -2.43. The summed E-state index contributed by atoms with van der Waals surface area (Å²) in [6.45, 7) is 6.11. The van der Waals surface area contributed by atoms with Gasteiger partial charge >= 0.3 is 0 Å². The van der Waals surface area contributed by atoms with Crippen molar-refractivity contribution in [1.29, 1.82) is 0 Å². The van der Waals surface area contributed by atoms with E-state index in [2.05, 4.69) is 25.1 Å². The van der Waals surface area contributed by atoms with Crippen molar-refractivity contribution in [2.75, 3.05) is 38.8 Å². The van der Waals surface area contributed by atoms with E-state index in [1.54, 1.807) is 0 Å². The number of hydrogen-bond acceptors (Lipinski definition) is 4. The Morgan fingerprint density at radius 1 is 1.00 bits per heavy atom. The molecule has 0 atom stereocenters. The molecule has 1 fully saturated rings. The molecular formula is C21H27NO3. The lowest BCUT2D eigenvalue weighted by Gasteiger charge is -2.37. The van der Waals surface area contributed by atoms with Gasteiger partial charge in [-0.05, 0) is 48.2 Å². The highest BCUT2D eigenvalue weighted by atomic mass is 16.5. The van der Waals surface area contributed by atoms with Gasteiger partial charge in [0.25, 0.3) is 0 Å². The van der Waals surface area contributed by atoms with Crippen molar-refractivity contribution in [1.82, 2.24) is 0 Å². The van der Waals surface area contributed by atoms with Crippen molar-refractivity contribution in [3.8, 4) is 16.9 Å². The predicted octanol–water partition coefficient (Wildman–Crippen LogP) is 4.15. The number of anilines is 1. The zero-order valence-electron chi connectivity index (χ0n) is 14.9. The van der Waals surface area contributed by atoms with Crippen LogP contribution in [0.2, 0.25) is 0 Å². The highest BCUT2D eigenvalue weighted by Crippen LogP contribution is 2.27. The Morgan fingerprint density at radius 2 is 1.72 bits per heavy atom. The number of benzene rings is 2. The van der Waals surface area contributed by atoms with Crippen LogP contribution < -0.4 is 10.5 Å². The van der Waals surface area contributed by atoms with Crippen molar-refractivity contribution in [2.24, 2.45) is 5.41 Å². The summed E-state index contributed by atoms with van der Waals surface area (Å²) in [5, 5.41) is 0. The summed E-state index contributed by atoms with van der Waals surface area (Å²) in [4.78, 5) is 0. The Labute approximate surface area is 149 Å². The van der Waals surface area contributed by atoms with Crippen LogP contribution in [-0.4, -0.2) is 33.0 Å². The minimum atomic E-state index is 0.234. The van der Waals surface area contributed by atoms with E-state index in [1.807, 2.05) is 30.3 Å². The van der Waals surface area contributed by atoms with Gasteiger partial charge in [0.2, 0.25) is 0 Å². The summed E-state index contributed by atoms with van der Waals surface area (Å²) in [5.41, 5.74) is 9.08. The molecular weight excluding hydrogens is 314 g/mol. The molecule has 0 saturated carbocycles. The third-order valence-corrected chi connectivity index (χ3v) is 4.36. The number of hydrogen-bond donors (Lipinski definition) is 1. The van der Waals surface area contributed by atoms with Crippen LogP contribution in [0.25, 0.3) is 11.1 Å². The Kier molecular flexibility index (Phi) is 5.95. The highest BCUT2D eigenvalue weighted by molar-refractivity contribution is 5.68. The molecule has 1 heterocycles. The van der Waals surface area contributed by atoms with E-state index in [0.29, 0.717) is 6.61 Å². The van der Waals surface area contributed by atoms with Crippen molar-refractivity contribution in [2.45, 2.75) is 19.8 Å². The minimum absolute atomic E-state index is 0.234. The van der Waals surface area contributed by atoms with Gasteiger partial charge in [-0.15, -0.1) is 0 Å². The molecule has 0 amide bonds. The van der Waals surface area contributed by atoms with E-state index >= 15 is 0 Å². The maximum atomic E-state index is 5.87. The van der Waals surface area contributed by atoms with Gasteiger partial charge in [-0.1, -0.05) is 31.2 Å². The van der Waals surface area contributed by atoms with Gasteiger partial charge < -0.3 is 19.9 Å². The van der Waals surface area contributed by atoms with Gasteiger partial charge in [0.05, 0.1) is 26.4 Å². The van der Waals surface area contributed by atoms with Gasteiger partial charge in [-0.2, -0.15) is 0 Å². The van der Waals surface area contributed by atoms with E-state index in [9.17, 15) is 0 Å². The topological polar surface area (TPSA) is 53.7 Å². The van der Waals surface area contributed by atoms with Gasteiger partial charge in [-0.25, -0.2) is 0 Å². The number of unbranched alkanes of at least 4 members (excludes halogenated alkanes) is 1. The zero-order chi connectivity index (χ0) is 17.5. The molecule has 134 valence electrons. The van der Waals surface area contributed by atoms with Crippen LogP contribution in [0.4, 0.5) is 5.69 Å². The predicted molar refractivity (Wildman–Crippen MR) is 101 cm³/mol. The molecule has 0 spiro atoms. The lowest BCUT2D eigenvalue weighted by atomic mass is 9.90. The molecule has 2 aromatic rings. The summed E-state index contributed by atoms with van der Waals surface area (Å²) in [6, 6.07) is 16.0. The summed E-state index contributed by atoms with van der Waals surface area (Å²) >= 11 is 0. The first-order chi connectivity index (χ1) is 12.1. The fourth-order valence-corrected chi connectivity index (χ4v) is 2.83. The number of rotatable bonds is 9. The summed E-state index contributed by atoms with van der Waals surface area (Å²) in [6.07, 6.45) is 1.99. The average molecular weight is 341 g/mol. The quantitative estimate of drug-likeness (QED) is 0.550. The molecule has 1 aliphatic heterocycles. The van der Waals surface area contributed by atoms with Crippen LogP contribution in [0.3, 0.4) is 0 Å². The van der Waals surface area contributed by atoms with Crippen LogP contribution in [0.1, 0.15) is 19.8 Å². The molecule has 2 aromatic carbocycles. The molecule has 1 aliphatic rings. The second kappa shape index (κ2) is 8.37. The van der Waals surface area contributed by atoms with Gasteiger partial charge in [0.1, 0.15) is 5.75 Å².